The number of benzene rings is 1. The van der Waals surface area contributed by atoms with E-state index >= 15 is 0 Å². The Bertz CT molecular complexity index is 375. The number of fused-ring (bicyclic) bond motifs is 1. The average molecular weight is 171 g/mol. The minimum absolute atomic E-state index is 0.889. The van der Waals surface area contributed by atoms with Gasteiger partial charge in [0.2, 0.25) is 0 Å². The average Bonchev–Trinajstić information content (AvgIpc) is 2.18. The second-order valence-electron chi connectivity index (χ2n) is 3.29. The third-order valence-electron chi connectivity index (χ3n) is 2.44. The van der Waals surface area contributed by atoms with Crippen LogP contribution in [0, 0.1) is 0 Å². The van der Waals surface area contributed by atoms with Crippen LogP contribution >= 0.6 is 0 Å². The van der Waals surface area contributed by atoms with Gasteiger partial charge in [-0.2, -0.15) is 0 Å². The SMILES string of the molecule is C=C1CC=Nc2c(CC)cccc21. The van der Waals surface area contributed by atoms with Crippen molar-refractivity contribution in [3.63, 3.8) is 0 Å². The zero-order valence-electron chi connectivity index (χ0n) is 7.88. The molecule has 0 aliphatic carbocycles. The van der Waals surface area contributed by atoms with E-state index in [1.165, 1.54) is 16.7 Å². The van der Waals surface area contributed by atoms with Crippen LogP contribution in [0.1, 0.15) is 24.5 Å². The number of aryl methyl sites for hydroxylation is 1. The minimum atomic E-state index is 0.889. The fraction of sp³-hybridized carbons (Fsp3) is 0.250. The van der Waals surface area contributed by atoms with Crippen LogP contribution in [-0.2, 0) is 6.42 Å². The third-order valence-corrected chi connectivity index (χ3v) is 2.44. The first-order valence-corrected chi connectivity index (χ1v) is 4.65. The fourth-order valence-electron chi connectivity index (χ4n) is 1.67. The number of rotatable bonds is 1. The van der Waals surface area contributed by atoms with Gasteiger partial charge in [0, 0.05) is 18.2 Å². The molecule has 0 atom stereocenters. The van der Waals surface area contributed by atoms with Gasteiger partial charge in [-0.3, -0.25) is 4.99 Å². The molecule has 1 aromatic carbocycles. The Morgan fingerprint density at radius 1 is 1.46 bits per heavy atom. The van der Waals surface area contributed by atoms with Crippen molar-refractivity contribution in [2.24, 2.45) is 4.99 Å². The second kappa shape index (κ2) is 3.17. The highest BCUT2D eigenvalue weighted by molar-refractivity contribution is 5.89. The molecule has 0 fully saturated rings. The zero-order valence-corrected chi connectivity index (χ0v) is 7.88. The molecule has 1 aliphatic rings. The van der Waals surface area contributed by atoms with Crippen molar-refractivity contribution in [1.29, 1.82) is 0 Å². The van der Waals surface area contributed by atoms with E-state index in [9.17, 15) is 0 Å². The summed E-state index contributed by atoms with van der Waals surface area (Å²) >= 11 is 0. The highest BCUT2D eigenvalue weighted by Gasteiger charge is 2.11. The zero-order chi connectivity index (χ0) is 9.26. The summed E-state index contributed by atoms with van der Waals surface area (Å²) in [5, 5.41) is 0. The number of hydrogen-bond acceptors (Lipinski definition) is 1. The molecule has 0 radical (unpaired) electrons. The minimum Gasteiger partial charge on any atom is -0.260 e. The monoisotopic (exact) mass is 171 g/mol. The molecular formula is C12H13N. The lowest BCUT2D eigenvalue weighted by atomic mass is 9.96. The summed E-state index contributed by atoms with van der Waals surface area (Å²) in [6.07, 6.45) is 3.87. The molecule has 13 heavy (non-hydrogen) atoms. The summed E-state index contributed by atoms with van der Waals surface area (Å²) in [7, 11) is 0. The summed E-state index contributed by atoms with van der Waals surface area (Å²) in [6.45, 7) is 6.19. The van der Waals surface area contributed by atoms with Gasteiger partial charge in [0.25, 0.3) is 0 Å². The standard InChI is InChI=1S/C12H13N/c1-3-10-5-4-6-11-9(2)7-8-13-12(10)11/h4-6,8H,2-3,7H2,1H3. The van der Waals surface area contributed by atoms with Crippen molar-refractivity contribution in [3.05, 3.63) is 35.9 Å². The lowest BCUT2D eigenvalue weighted by Gasteiger charge is -2.14. The van der Waals surface area contributed by atoms with Crippen LogP contribution in [0.3, 0.4) is 0 Å². The van der Waals surface area contributed by atoms with Crippen molar-refractivity contribution in [3.8, 4) is 0 Å². The van der Waals surface area contributed by atoms with Crippen LogP contribution in [0.25, 0.3) is 5.57 Å². The van der Waals surface area contributed by atoms with Gasteiger partial charge in [-0.15, -0.1) is 0 Å². The number of aliphatic imine (C=N–C) groups is 1. The van der Waals surface area contributed by atoms with Crippen molar-refractivity contribution < 1.29 is 0 Å². The van der Waals surface area contributed by atoms with Gasteiger partial charge in [-0.1, -0.05) is 31.7 Å². The Morgan fingerprint density at radius 2 is 2.31 bits per heavy atom. The summed E-state index contributed by atoms with van der Waals surface area (Å²) < 4.78 is 0. The highest BCUT2D eigenvalue weighted by atomic mass is 14.7. The lowest BCUT2D eigenvalue weighted by Crippen LogP contribution is -1.94. The van der Waals surface area contributed by atoms with E-state index in [0.29, 0.717) is 0 Å². The molecule has 0 spiro atoms. The molecule has 0 unspecified atom stereocenters. The van der Waals surface area contributed by atoms with Gasteiger partial charge in [-0.05, 0) is 17.6 Å². The van der Waals surface area contributed by atoms with Crippen molar-refractivity contribution in [1.82, 2.24) is 0 Å². The summed E-state index contributed by atoms with van der Waals surface area (Å²) in [6, 6.07) is 6.33. The van der Waals surface area contributed by atoms with Crippen molar-refractivity contribution in [2.45, 2.75) is 19.8 Å². The van der Waals surface area contributed by atoms with E-state index in [2.05, 4.69) is 36.7 Å². The van der Waals surface area contributed by atoms with Gasteiger partial charge in [0.05, 0.1) is 5.69 Å². The van der Waals surface area contributed by atoms with E-state index in [0.717, 1.165) is 18.5 Å². The van der Waals surface area contributed by atoms with E-state index in [1.807, 2.05) is 6.21 Å². The molecule has 0 bridgehead atoms. The quantitative estimate of drug-likeness (QED) is 0.614. The first-order chi connectivity index (χ1) is 6.33. The van der Waals surface area contributed by atoms with E-state index in [4.69, 9.17) is 0 Å². The first-order valence-electron chi connectivity index (χ1n) is 4.65. The van der Waals surface area contributed by atoms with Crippen molar-refractivity contribution in [2.75, 3.05) is 0 Å². The molecule has 0 saturated heterocycles. The molecule has 2 rings (SSSR count). The van der Waals surface area contributed by atoms with E-state index < -0.39 is 0 Å². The lowest BCUT2D eigenvalue weighted by molar-refractivity contribution is 1.12. The number of hydrogen-bond donors (Lipinski definition) is 0. The maximum absolute atomic E-state index is 4.43. The number of nitrogens with zero attached hydrogens (tertiary/aromatic N) is 1. The Hall–Kier alpha value is -1.37. The summed E-state index contributed by atoms with van der Waals surface area (Å²) in [4.78, 5) is 4.43. The number of para-hydroxylation sites is 1. The molecular weight excluding hydrogens is 158 g/mol. The Kier molecular flexibility index (Phi) is 2.01. The summed E-state index contributed by atoms with van der Waals surface area (Å²) in [5.41, 5.74) is 4.85. The summed E-state index contributed by atoms with van der Waals surface area (Å²) in [5.74, 6) is 0. The van der Waals surface area contributed by atoms with Gasteiger partial charge >= 0.3 is 0 Å². The van der Waals surface area contributed by atoms with Gasteiger partial charge in [-0.25, -0.2) is 0 Å². The Morgan fingerprint density at radius 3 is 3.08 bits per heavy atom. The Labute approximate surface area is 78.8 Å². The predicted octanol–water partition coefficient (Wildman–Crippen LogP) is 3.37. The van der Waals surface area contributed by atoms with Gasteiger partial charge in [0.1, 0.15) is 0 Å². The molecule has 1 heteroatoms. The molecule has 1 aliphatic heterocycles. The smallest absolute Gasteiger partial charge is 0.0732 e. The molecule has 1 nitrogen and oxygen atoms in total. The fourth-order valence-corrected chi connectivity index (χ4v) is 1.67. The van der Waals surface area contributed by atoms with Crippen LogP contribution < -0.4 is 0 Å². The van der Waals surface area contributed by atoms with Gasteiger partial charge in [0.15, 0.2) is 0 Å². The molecule has 1 heterocycles. The topological polar surface area (TPSA) is 12.4 Å². The van der Waals surface area contributed by atoms with Crippen LogP contribution in [-0.4, -0.2) is 6.21 Å². The number of allylic oxidation sites excluding steroid dienone is 1. The molecule has 0 aromatic heterocycles. The van der Waals surface area contributed by atoms with Crippen LogP contribution in [0.5, 0.6) is 0 Å². The van der Waals surface area contributed by atoms with Crippen LogP contribution in [0.15, 0.2) is 29.8 Å². The third kappa shape index (κ3) is 1.31. The maximum atomic E-state index is 4.43. The predicted molar refractivity (Wildman–Crippen MR) is 57.6 cm³/mol. The molecule has 0 saturated carbocycles. The van der Waals surface area contributed by atoms with E-state index in [-0.39, 0.29) is 0 Å². The molecule has 0 N–H and O–H groups in total. The Balaban J connectivity index is 2.63. The molecule has 0 amide bonds. The van der Waals surface area contributed by atoms with Crippen LogP contribution in [0.4, 0.5) is 5.69 Å². The van der Waals surface area contributed by atoms with Crippen LogP contribution in [0.2, 0.25) is 0 Å². The largest absolute Gasteiger partial charge is 0.260 e. The first kappa shape index (κ1) is 8.24. The van der Waals surface area contributed by atoms with E-state index in [1.54, 1.807) is 0 Å². The molecule has 1 aromatic rings. The normalized spacial score (nSPS) is 14.4. The molecule has 66 valence electrons. The van der Waals surface area contributed by atoms with Gasteiger partial charge < -0.3 is 0 Å². The van der Waals surface area contributed by atoms with Crippen molar-refractivity contribution >= 4 is 17.5 Å². The maximum Gasteiger partial charge on any atom is 0.0732 e. The second-order valence-corrected chi connectivity index (χ2v) is 3.29. The highest BCUT2D eigenvalue weighted by Crippen LogP contribution is 2.33.